The second-order valence-electron chi connectivity index (χ2n) is 4.23. The molecule has 0 aromatic heterocycles. The van der Waals surface area contributed by atoms with Crippen molar-refractivity contribution in [2.24, 2.45) is 5.73 Å². The van der Waals surface area contributed by atoms with Crippen LogP contribution in [0.1, 0.15) is 20.7 Å². The van der Waals surface area contributed by atoms with Crippen molar-refractivity contribution in [3.8, 4) is 5.75 Å². The highest BCUT2D eigenvalue weighted by Gasteiger charge is 2.11. The van der Waals surface area contributed by atoms with Crippen molar-refractivity contribution in [2.75, 3.05) is 6.61 Å². The van der Waals surface area contributed by atoms with E-state index >= 15 is 0 Å². The second kappa shape index (κ2) is 6.37. The number of nitrogens with two attached hydrogens (primary N) is 1. The van der Waals surface area contributed by atoms with Gasteiger partial charge in [0.25, 0.3) is 5.91 Å². The number of rotatable bonds is 5. The third-order valence-corrected chi connectivity index (χ3v) is 2.96. The van der Waals surface area contributed by atoms with Crippen LogP contribution >= 0.6 is 11.6 Å². The molecule has 2 aromatic rings. The van der Waals surface area contributed by atoms with Gasteiger partial charge in [0.1, 0.15) is 11.6 Å². The van der Waals surface area contributed by atoms with Crippen molar-refractivity contribution in [3.05, 3.63) is 64.4 Å². The van der Waals surface area contributed by atoms with Gasteiger partial charge < -0.3 is 10.5 Å². The van der Waals surface area contributed by atoms with E-state index in [1.165, 1.54) is 18.2 Å². The van der Waals surface area contributed by atoms with Gasteiger partial charge >= 0.3 is 0 Å². The molecule has 0 spiro atoms. The van der Waals surface area contributed by atoms with Crippen LogP contribution in [0.3, 0.4) is 0 Å². The number of amides is 1. The summed E-state index contributed by atoms with van der Waals surface area (Å²) in [6.07, 6.45) is 0. The molecule has 0 heterocycles. The molecule has 0 saturated carbocycles. The molecule has 4 nitrogen and oxygen atoms in total. The van der Waals surface area contributed by atoms with Gasteiger partial charge in [0, 0.05) is 16.7 Å². The van der Waals surface area contributed by atoms with E-state index < -0.39 is 11.7 Å². The molecular weight excluding hydrogens is 297 g/mol. The number of halogens is 2. The molecule has 6 heteroatoms. The van der Waals surface area contributed by atoms with Gasteiger partial charge in [0.05, 0.1) is 5.56 Å². The Morgan fingerprint density at radius 1 is 1.19 bits per heavy atom. The van der Waals surface area contributed by atoms with Crippen molar-refractivity contribution in [1.82, 2.24) is 0 Å². The standard InChI is InChI=1S/C15H11ClFNO3/c16-10-3-1-2-9(6-10)14(19)8-21-11-4-5-12(15(18)20)13(17)7-11/h1-7H,8H2,(H2,18,20). The molecule has 21 heavy (non-hydrogen) atoms. The molecular formula is C15H11ClFNO3. The lowest BCUT2D eigenvalue weighted by molar-refractivity contribution is 0.0919. The van der Waals surface area contributed by atoms with E-state index in [9.17, 15) is 14.0 Å². The maximum Gasteiger partial charge on any atom is 0.251 e. The molecule has 0 unspecified atom stereocenters. The lowest BCUT2D eigenvalue weighted by atomic mass is 10.1. The fourth-order valence-electron chi connectivity index (χ4n) is 1.68. The Morgan fingerprint density at radius 3 is 2.57 bits per heavy atom. The minimum atomic E-state index is -0.867. The summed E-state index contributed by atoms with van der Waals surface area (Å²) in [7, 11) is 0. The van der Waals surface area contributed by atoms with Crippen LogP contribution < -0.4 is 10.5 Å². The van der Waals surface area contributed by atoms with Crippen LogP contribution in [0.2, 0.25) is 5.02 Å². The molecule has 0 bridgehead atoms. The molecule has 2 N–H and O–H groups in total. The summed E-state index contributed by atoms with van der Waals surface area (Å²) in [6.45, 7) is -0.268. The van der Waals surface area contributed by atoms with Gasteiger partial charge in [-0.3, -0.25) is 9.59 Å². The fourth-order valence-corrected chi connectivity index (χ4v) is 1.87. The van der Waals surface area contributed by atoms with Gasteiger partial charge in [0.2, 0.25) is 0 Å². The quantitative estimate of drug-likeness (QED) is 0.864. The number of hydrogen-bond acceptors (Lipinski definition) is 3. The first-order chi connectivity index (χ1) is 9.97. The van der Waals surface area contributed by atoms with Crippen LogP contribution in [0.15, 0.2) is 42.5 Å². The SMILES string of the molecule is NC(=O)c1ccc(OCC(=O)c2cccc(Cl)c2)cc1F. The number of benzene rings is 2. The topological polar surface area (TPSA) is 69.4 Å². The highest BCUT2D eigenvalue weighted by atomic mass is 35.5. The minimum absolute atomic E-state index is 0.132. The first-order valence-corrected chi connectivity index (χ1v) is 6.36. The van der Waals surface area contributed by atoms with Gasteiger partial charge in [0.15, 0.2) is 12.4 Å². The Hall–Kier alpha value is -2.40. The maximum atomic E-state index is 13.5. The molecule has 1 amide bonds. The van der Waals surface area contributed by atoms with E-state index in [0.717, 1.165) is 6.07 Å². The first-order valence-electron chi connectivity index (χ1n) is 5.98. The van der Waals surface area contributed by atoms with Crippen molar-refractivity contribution in [2.45, 2.75) is 0 Å². The highest BCUT2D eigenvalue weighted by molar-refractivity contribution is 6.31. The lowest BCUT2D eigenvalue weighted by Crippen LogP contribution is -2.14. The van der Waals surface area contributed by atoms with E-state index in [0.29, 0.717) is 10.6 Å². The summed E-state index contributed by atoms with van der Waals surface area (Å²) in [6, 6.07) is 10.0. The molecule has 0 aliphatic heterocycles. The Balaban J connectivity index is 2.05. The Labute approximate surface area is 125 Å². The minimum Gasteiger partial charge on any atom is -0.485 e. The van der Waals surface area contributed by atoms with Crippen molar-refractivity contribution < 1.29 is 18.7 Å². The summed E-state index contributed by atoms with van der Waals surface area (Å²) >= 11 is 5.79. The Morgan fingerprint density at radius 2 is 1.95 bits per heavy atom. The zero-order valence-corrected chi connectivity index (χ0v) is 11.6. The fraction of sp³-hybridized carbons (Fsp3) is 0.0667. The Kier molecular flexibility index (Phi) is 4.55. The normalized spacial score (nSPS) is 10.2. The van der Waals surface area contributed by atoms with Crippen LogP contribution in [-0.2, 0) is 0 Å². The second-order valence-corrected chi connectivity index (χ2v) is 4.66. The third kappa shape index (κ3) is 3.79. The largest absolute Gasteiger partial charge is 0.485 e. The lowest BCUT2D eigenvalue weighted by Gasteiger charge is -2.07. The highest BCUT2D eigenvalue weighted by Crippen LogP contribution is 2.17. The van der Waals surface area contributed by atoms with E-state index in [1.54, 1.807) is 18.2 Å². The van der Waals surface area contributed by atoms with E-state index in [2.05, 4.69) is 0 Å². The van der Waals surface area contributed by atoms with E-state index in [1.807, 2.05) is 0 Å². The zero-order valence-electron chi connectivity index (χ0n) is 10.8. The number of carbonyl (C=O) groups is 2. The van der Waals surface area contributed by atoms with Crippen molar-refractivity contribution in [1.29, 1.82) is 0 Å². The molecule has 0 radical (unpaired) electrons. The molecule has 108 valence electrons. The van der Waals surface area contributed by atoms with Crippen LogP contribution in [0.25, 0.3) is 0 Å². The third-order valence-electron chi connectivity index (χ3n) is 2.72. The first kappa shape index (κ1) is 15.0. The molecule has 0 fully saturated rings. The molecule has 0 saturated heterocycles. The molecule has 2 rings (SSSR count). The number of ether oxygens (including phenoxy) is 1. The molecule has 0 aliphatic carbocycles. The van der Waals surface area contributed by atoms with Gasteiger partial charge in [-0.05, 0) is 24.3 Å². The van der Waals surface area contributed by atoms with Gasteiger partial charge in [-0.1, -0.05) is 23.7 Å². The van der Waals surface area contributed by atoms with Gasteiger partial charge in [-0.25, -0.2) is 4.39 Å². The maximum absolute atomic E-state index is 13.5. The Bertz CT molecular complexity index is 703. The van der Waals surface area contributed by atoms with Crippen LogP contribution in [0.4, 0.5) is 4.39 Å². The molecule has 2 aromatic carbocycles. The number of hydrogen-bond donors (Lipinski definition) is 1. The van der Waals surface area contributed by atoms with Crippen LogP contribution in [0, 0.1) is 5.82 Å². The van der Waals surface area contributed by atoms with Gasteiger partial charge in [-0.2, -0.15) is 0 Å². The summed E-state index contributed by atoms with van der Waals surface area (Å²) in [5.74, 6) is -1.82. The predicted octanol–water partition coefficient (Wildman–Crippen LogP) is 2.84. The number of carbonyl (C=O) groups excluding carboxylic acids is 2. The zero-order chi connectivity index (χ0) is 15.4. The van der Waals surface area contributed by atoms with E-state index in [-0.39, 0.29) is 23.7 Å². The summed E-state index contributed by atoms with van der Waals surface area (Å²) < 4.78 is 18.7. The average molecular weight is 308 g/mol. The van der Waals surface area contributed by atoms with Crippen LogP contribution in [-0.4, -0.2) is 18.3 Å². The summed E-state index contributed by atoms with van der Waals surface area (Å²) in [4.78, 5) is 22.8. The molecule has 0 atom stereocenters. The summed E-state index contributed by atoms with van der Waals surface area (Å²) in [5, 5.41) is 0.442. The van der Waals surface area contributed by atoms with E-state index in [4.69, 9.17) is 22.1 Å². The number of primary amides is 1. The van der Waals surface area contributed by atoms with Crippen molar-refractivity contribution in [3.63, 3.8) is 0 Å². The number of Topliss-reactive ketones (excluding diaryl/α,β-unsaturated/α-hetero) is 1. The smallest absolute Gasteiger partial charge is 0.251 e. The monoisotopic (exact) mass is 307 g/mol. The van der Waals surface area contributed by atoms with Crippen molar-refractivity contribution >= 4 is 23.3 Å². The summed E-state index contributed by atoms with van der Waals surface area (Å²) in [5.41, 5.74) is 5.16. The van der Waals surface area contributed by atoms with Crippen LogP contribution in [0.5, 0.6) is 5.75 Å². The number of ketones is 1. The predicted molar refractivity (Wildman–Crippen MR) is 76.2 cm³/mol. The van der Waals surface area contributed by atoms with Gasteiger partial charge in [-0.15, -0.1) is 0 Å². The average Bonchev–Trinajstić information content (AvgIpc) is 2.44. The molecule has 0 aliphatic rings.